The van der Waals surface area contributed by atoms with Gasteiger partial charge in [-0.15, -0.1) is 0 Å². The molecule has 2 rings (SSSR count). The lowest BCUT2D eigenvalue weighted by Crippen LogP contribution is -2.13. The van der Waals surface area contributed by atoms with Gasteiger partial charge in [-0.1, -0.05) is 0 Å². The number of amides is 1. The number of ether oxygens (including phenoxy) is 2. The molecule has 0 radical (unpaired) electrons. The second kappa shape index (κ2) is 6.18. The van der Waals surface area contributed by atoms with E-state index in [-0.39, 0.29) is 15.7 Å². The summed E-state index contributed by atoms with van der Waals surface area (Å²) >= 11 is 0.777. The van der Waals surface area contributed by atoms with Crippen LogP contribution in [0.4, 0.5) is 10.1 Å². The lowest BCUT2D eigenvalue weighted by molar-refractivity contribution is -0.380. The van der Waals surface area contributed by atoms with Crippen LogP contribution in [-0.4, -0.2) is 30.0 Å². The minimum Gasteiger partial charge on any atom is -0.497 e. The zero-order valence-corrected chi connectivity index (χ0v) is 12.0. The number of benzene rings is 1. The van der Waals surface area contributed by atoms with Gasteiger partial charge < -0.3 is 9.47 Å². The topological polar surface area (TPSA) is 104 Å². The zero-order valence-electron chi connectivity index (χ0n) is 11.2. The number of hydrogen-bond acceptors (Lipinski definition) is 7. The van der Waals surface area contributed by atoms with Gasteiger partial charge in [-0.05, 0) is 23.5 Å². The van der Waals surface area contributed by atoms with E-state index < -0.39 is 10.8 Å². The monoisotopic (exact) mass is 309 g/mol. The molecule has 21 heavy (non-hydrogen) atoms. The highest BCUT2D eigenvalue weighted by Crippen LogP contribution is 2.28. The SMILES string of the molecule is COc1ccc(C(=O)Nc2ncc([N+](=O)[O-])s2)c(OC)c1. The van der Waals surface area contributed by atoms with Crippen LogP contribution in [0, 0.1) is 10.1 Å². The molecule has 0 aliphatic rings. The fourth-order valence-electron chi connectivity index (χ4n) is 1.56. The lowest BCUT2D eigenvalue weighted by atomic mass is 10.2. The molecule has 0 aliphatic carbocycles. The van der Waals surface area contributed by atoms with Crippen LogP contribution in [0.15, 0.2) is 24.4 Å². The van der Waals surface area contributed by atoms with Crippen molar-refractivity contribution in [2.75, 3.05) is 19.5 Å². The van der Waals surface area contributed by atoms with Gasteiger partial charge in [0.1, 0.15) is 17.7 Å². The quantitative estimate of drug-likeness (QED) is 0.671. The first-order chi connectivity index (χ1) is 10.0. The number of methoxy groups -OCH3 is 2. The fraction of sp³-hybridized carbons (Fsp3) is 0.167. The number of carbonyl (C=O) groups excluding carboxylic acids is 1. The molecule has 1 aromatic heterocycles. The molecule has 1 amide bonds. The number of anilines is 1. The van der Waals surface area contributed by atoms with E-state index in [1.54, 1.807) is 12.1 Å². The van der Waals surface area contributed by atoms with Crippen LogP contribution in [0.2, 0.25) is 0 Å². The molecule has 8 nitrogen and oxygen atoms in total. The molecule has 9 heteroatoms. The Morgan fingerprint density at radius 3 is 2.71 bits per heavy atom. The molecular formula is C12H11N3O5S. The summed E-state index contributed by atoms with van der Waals surface area (Å²) in [7, 11) is 2.93. The first kappa shape index (κ1) is 14.7. The second-order valence-corrected chi connectivity index (χ2v) is 4.79. The maximum atomic E-state index is 12.1. The number of rotatable bonds is 5. The Kier molecular flexibility index (Phi) is 4.33. The number of thiazole rings is 1. The van der Waals surface area contributed by atoms with Crippen LogP contribution in [0.25, 0.3) is 0 Å². The summed E-state index contributed by atoms with van der Waals surface area (Å²) in [4.78, 5) is 25.9. The molecular weight excluding hydrogens is 298 g/mol. The van der Waals surface area contributed by atoms with Gasteiger partial charge in [-0.2, -0.15) is 0 Å². The Labute approximate surface area is 123 Å². The average Bonchev–Trinajstić information content (AvgIpc) is 2.95. The molecule has 0 bridgehead atoms. The van der Waals surface area contributed by atoms with Gasteiger partial charge in [-0.3, -0.25) is 20.2 Å². The van der Waals surface area contributed by atoms with Crippen LogP contribution in [-0.2, 0) is 0 Å². The largest absolute Gasteiger partial charge is 0.497 e. The Bertz CT molecular complexity index is 685. The minimum absolute atomic E-state index is 0.143. The fourth-order valence-corrected chi connectivity index (χ4v) is 2.19. The highest BCUT2D eigenvalue weighted by atomic mass is 32.1. The van der Waals surface area contributed by atoms with Crippen molar-refractivity contribution in [2.45, 2.75) is 0 Å². The van der Waals surface area contributed by atoms with Crippen molar-refractivity contribution in [1.82, 2.24) is 4.98 Å². The van der Waals surface area contributed by atoms with E-state index in [1.165, 1.54) is 20.3 Å². The standard InChI is InChI=1S/C12H11N3O5S/c1-19-7-3-4-8(9(5-7)20-2)11(16)14-12-13-6-10(21-12)15(17)18/h3-6H,1-2H3,(H,13,14,16). The number of nitro groups is 1. The molecule has 0 atom stereocenters. The predicted molar refractivity (Wildman–Crippen MR) is 76.3 cm³/mol. The van der Waals surface area contributed by atoms with Gasteiger partial charge in [0.25, 0.3) is 5.91 Å². The van der Waals surface area contributed by atoms with E-state index in [2.05, 4.69) is 10.3 Å². The van der Waals surface area contributed by atoms with Gasteiger partial charge in [0.2, 0.25) is 0 Å². The van der Waals surface area contributed by atoms with Gasteiger partial charge in [-0.25, -0.2) is 4.98 Å². The molecule has 1 N–H and O–H groups in total. The Balaban J connectivity index is 2.21. The van der Waals surface area contributed by atoms with E-state index in [0.717, 1.165) is 17.5 Å². The van der Waals surface area contributed by atoms with Crippen LogP contribution in [0.1, 0.15) is 10.4 Å². The molecule has 2 aromatic rings. The summed E-state index contributed by atoms with van der Waals surface area (Å²) in [5.74, 6) is 0.407. The van der Waals surface area contributed by atoms with Crippen molar-refractivity contribution < 1.29 is 19.2 Å². The van der Waals surface area contributed by atoms with E-state index in [0.29, 0.717) is 11.5 Å². The maximum Gasteiger partial charge on any atom is 0.345 e. The van der Waals surface area contributed by atoms with E-state index in [9.17, 15) is 14.9 Å². The van der Waals surface area contributed by atoms with Crippen molar-refractivity contribution in [3.05, 3.63) is 40.1 Å². The summed E-state index contributed by atoms with van der Waals surface area (Å²) in [6.45, 7) is 0. The van der Waals surface area contributed by atoms with Gasteiger partial charge in [0.15, 0.2) is 5.13 Å². The number of hydrogen-bond donors (Lipinski definition) is 1. The zero-order chi connectivity index (χ0) is 15.4. The molecule has 1 heterocycles. The Morgan fingerprint density at radius 1 is 1.38 bits per heavy atom. The van der Waals surface area contributed by atoms with Crippen molar-refractivity contribution in [2.24, 2.45) is 0 Å². The number of nitrogens with one attached hydrogen (secondary N) is 1. The van der Waals surface area contributed by atoms with E-state index in [4.69, 9.17) is 9.47 Å². The number of aromatic nitrogens is 1. The Morgan fingerprint density at radius 2 is 2.14 bits per heavy atom. The smallest absolute Gasteiger partial charge is 0.345 e. The maximum absolute atomic E-state index is 12.1. The summed E-state index contributed by atoms with van der Waals surface area (Å²) in [5, 5.41) is 13.1. The first-order valence-corrected chi connectivity index (χ1v) is 6.50. The highest BCUT2D eigenvalue weighted by Gasteiger charge is 2.17. The van der Waals surface area contributed by atoms with E-state index in [1.807, 2.05) is 0 Å². The summed E-state index contributed by atoms with van der Waals surface area (Å²) in [6, 6.07) is 4.72. The highest BCUT2D eigenvalue weighted by molar-refractivity contribution is 7.18. The normalized spacial score (nSPS) is 10.0. The van der Waals surface area contributed by atoms with Gasteiger partial charge >= 0.3 is 5.00 Å². The molecule has 0 unspecified atom stereocenters. The molecule has 0 aliphatic heterocycles. The van der Waals surface area contributed by atoms with E-state index >= 15 is 0 Å². The third kappa shape index (κ3) is 3.26. The van der Waals surface area contributed by atoms with Crippen molar-refractivity contribution >= 4 is 27.4 Å². The number of nitrogens with zero attached hydrogens (tertiary/aromatic N) is 2. The third-order valence-electron chi connectivity index (χ3n) is 2.55. The van der Waals surface area contributed by atoms with Crippen molar-refractivity contribution in [3.63, 3.8) is 0 Å². The van der Waals surface area contributed by atoms with Gasteiger partial charge in [0.05, 0.1) is 24.7 Å². The molecule has 0 fully saturated rings. The first-order valence-electron chi connectivity index (χ1n) is 5.68. The van der Waals surface area contributed by atoms with Crippen molar-refractivity contribution in [3.8, 4) is 11.5 Å². The van der Waals surface area contributed by atoms with Crippen LogP contribution in [0.3, 0.4) is 0 Å². The number of carbonyl (C=O) groups is 1. The average molecular weight is 309 g/mol. The molecule has 0 spiro atoms. The van der Waals surface area contributed by atoms with Crippen LogP contribution >= 0.6 is 11.3 Å². The predicted octanol–water partition coefficient (Wildman–Crippen LogP) is 2.32. The molecule has 110 valence electrons. The summed E-state index contributed by atoms with van der Waals surface area (Å²) in [5.41, 5.74) is 0.274. The van der Waals surface area contributed by atoms with Crippen molar-refractivity contribution in [1.29, 1.82) is 0 Å². The molecule has 0 saturated heterocycles. The second-order valence-electron chi connectivity index (χ2n) is 3.78. The Hall–Kier alpha value is -2.68. The molecule has 1 aromatic carbocycles. The van der Waals surface area contributed by atoms with Crippen LogP contribution < -0.4 is 14.8 Å². The molecule has 0 saturated carbocycles. The van der Waals surface area contributed by atoms with Crippen LogP contribution in [0.5, 0.6) is 11.5 Å². The summed E-state index contributed by atoms with van der Waals surface area (Å²) in [6.07, 6.45) is 1.09. The third-order valence-corrected chi connectivity index (χ3v) is 3.41. The minimum atomic E-state index is -0.568. The summed E-state index contributed by atoms with van der Waals surface area (Å²) < 4.78 is 10.2. The van der Waals surface area contributed by atoms with Gasteiger partial charge in [0, 0.05) is 6.07 Å². The lowest BCUT2D eigenvalue weighted by Gasteiger charge is -2.09.